The molecule has 3 fully saturated rings. The minimum Gasteiger partial charge on any atom is -0.311 e. The van der Waals surface area contributed by atoms with Crippen LogP contribution in [0.5, 0.6) is 0 Å². The van der Waals surface area contributed by atoms with Crippen LogP contribution in [0.15, 0.2) is 0 Å². The first-order chi connectivity index (χ1) is 6.28. The van der Waals surface area contributed by atoms with E-state index in [9.17, 15) is 0 Å². The van der Waals surface area contributed by atoms with E-state index < -0.39 is 0 Å². The highest BCUT2D eigenvalue weighted by Crippen LogP contribution is 2.43. The molecule has 13 heavy (non-hydrogen) atoms. The number of nitrogens with one attached hydrogen (secondary N) is 1. The van der Waals surface area contributed by atoms with Crippen LogP contribution in [-0.2, 0) is 0 Å². The minimum atomic E-state index is 0.606. The highest BCUT2D eigenvalue weighted by Gasteiger charge is 2.46. The largest absolute Gasteiger partial charge is 0.311 e. The van der Waals surface area contributed by atoms with Crippen molar-refractivity contribution >= 4 is 0 Å². The molecule has 1 saturated heterocycles. The first kappa shape index (κ1) is 8.25. The van der Waals surface area contributed by atoms with Crippen molar-refractivity contribution in [2.75, 3.05) is 19.6 Å². The Kier molecular flexibility index (Phi) is 1.72. The Labute approximate surface area is 80.7 Å². The van der Waals surface area contributed by atoms with E-state index >= 15 is 0 Å². The van der Waals surface area contributed by atoms with Gasteiger partial charge in [0.25, 0.3) is 0 Å². The molecular weight excluding hydrogens is 160 g/mol. The fourth-order valence-electron chi connectivity index (χ4n) is 2.58. The Morgan fingerprint density at radius 3 is 2.69 bits per heavy atom. The van der Waals surface area contributed by atoms with Crippen LogP contribution in [-0.4, -0.2) is 36.1 Å². The molecule has 0 radical (unpaired) electrons. The van der Waals surface area contributed by atoms with Crippen LogP contribution >= 0.6 is 0 Å². The SMILES string of the molecule is CC1(N2CCNC(C3CC3)C2)CC1. The molecule has 1 unspecified atom stereocenters. The molecule has 1 heterocycles. The Bertz CT molecular complexity index is 206. The van der Waals surface area contributed by atoms with Crippen LogP contribution in [0, 0.1) is 5.92 Å². The summed E-state index contributed by atoms with van der Waals surface area (Å²) in [6.45, 7) is 6.25. The highest BCUT2D eigenvalue weighted by molar-refractivity contribution is 5.03. The van der Waals surface area contributed by atoms with E-state index in [4.69, 9.17) is 0 Å². The molecule has 1 atom stereocenters. The minimum absolute atomic E-state index is 0.606. The van der Waals surface area contributed by atoms with Gasteiger partial charge in [0, 0.05) is 31.2 Å². The molecule has 2 saturated carbocycles. The topological polar surface area (TPSA) is 15.3 Å². The standard InChI is InChI=1S/C11H20N2/c1-11(4-5-11)13-7-6-12-10(8-13)9-2-3-9/h9-10,12H,2-8H2,1H3. The zero-order valence-corrected chi connectivity index (χ0v) is 8.55. The lowest BCUT2D eigenvalue weighted by Gasteiger charge is -2.38. The maximum absolute atomic E-state index is 3.67. The van der Waals surface area contributed by atoms with Gasteiger partial charge < -0.3 is 5.32 Å². The van der Waals surface area contributed by atoms with Crippen molar-refractivity contribution < 1.29 is 0 Å². The maximum atomic E-state index is 3.67. The number of hydrogen-bond acceptors (Lipinski definition) is 2. The van der Waals surface area contributed by atoms with Crippen LogP contribution in [0.3, 0.4) is 0 Å². The van der Waals surface area contributed by atoms with Crippen molar-refractivity contribution in [1.82, 2.24) is 10.2 Å². The summed E-state index contributed by atoms with van der Waals surface area (Å²) in [5.41, 5.74) is 0.606. The van der Waals surface area contributed by atoms with Crippen LogP contribution in [0.2, 0.25) is 0 Å². The highest BCUT2D eigenvalue weighted by atomic mass is 15.3. The molecular formula is C11H20N2. The fourth-order valence-corrected chi connectivity index (χ4v) is 2.58. The third kappa shape index (κ3) is 1.50. The smallest absolute Gasteiger partial charge is 0.0223 e. The molecule has 0 spiro atoms. The second kappa shape index (κ2) is 2.71. The molecule has 0 amide bonds. The van der Waals surface area contributed by atoms with E-state index in [1.165, 1.54) is 45.3 Å². The summed E-state index contributed by atoms with van der Waals surface area (Å²) in [4.78, 5) is 2.73. The van der Waals surface area contributed by atoms with Crippen molar-refractivity contribution in [3.8, 4) is 0 Å². The van der Waals surface area contributed by atoms with Gasteiger partial charge in [-0.3, -0.25) is 4.90 Å². The average molecular weight is 180 g/mol. The van der Waals surface area contributed by atoms with Gasteiger partial charge in [0.15, 0.2) is 0 Å². The lowest BCUT2D eigenvalue weighted by molar-refractivity contribution is 0.130. The van der Waals surface area contributed by atoms with Gasteiger partial charge >= 0.3 is 0 Å². The summed E-state index contributed by atoms with van der Waals surface area (Å²) in [5, 5.41) is 3.67. The normalized spacial score (nSPS) is 39.0. The van der Waals surface area contributed by atoms with E-state index in [1.807, 2.05) is 0 Å². The Hall–Kier alpha value is -0.0800. The molecule has 2 heteroatoms. The molecule has 2 nitrogen and oxygen atoms in total. The van der Waals surface area contributed by atoms with Crippen LogP contribution in [0.25, 0.3) is 0 Å². The van der Waals surface area contributed by atoms with E-state index in [2.05, 4.69) is 17.1 Å². The summed E-state index contributed by atoms with van der Waals surface area (Å²) >= 11 is 0. The summed E-state index contributed by atoms with van der Waals surface area (Å²) in [6, 6.07) is 0.825. The van der Waals surface area contributed by atoms with Gasteiger partial charge in [-0.15, -0.1) is 0 Å². The first-order valence-electron chi connectivity index (χ1n) is 5.76. The maximum Gasteiger partial charge on any atom is 0.0223 e. The van der Waals surface area contributed by atoms with E-state index in [-0.39, 0.29) is 0 Å². The summed E-state index contributed by atoms with van der Waals surface area (Å²) in [6.07, 6.45) is 5.82. The van der Waals surface area contributed by atoms with Gasteiger partial charge in [-0.2, -0.15) is 0 Å². The third-order valence-corrected chi connectivity index (χ3v) is 4.13. The van der Waals surface area contributed by atoms with Gasteiger partial charge in [0.2, 0.25) is 0 Å². The Morgan fingerprint density at radius 1 is 1.31 bits per heavy atom. The quantitative estimate of drug-likeness (QED) is 0.687. The third-order valence-electron chi connectivity index (χ3n) is 4.13. The number of piperazine rings is 1. The molecule has 0 aromatic carbocycles. The fraction of sp³-hybridized carbons (Fsp3) is 1.00. The molecule has 0 aromatic rings. The van der Waals surface area contributed by atoms with Crippen molar-refractivity contribution in [2.24, 2.45) is 5.92 Å². The van der Waals surface area contributed by atoms with Crippen molar-refractivity contribution in [2.45, 2.75) is 44.2 Å². The van der Waals surface area contributed by atoms with Gasteiger partial charge in [-0.05, 0) is 38.5 Å². The number of nitrogens with zero attached hydrogens (tertiary/aromatic N) is 1. The lowest BCUT2D eigenvalue weighted by atomic mass is 10.1. The van der Waals surface area contributed by atoms with Crippen molar-refractivity contribution in [1.29, 1.82) is 0 Å². The number of hydrogen-bond donors (Lipinski definition) is 1. The summed E-state index contributed by atoms with van der Waals surface area (Å²) in [7, 11) is 0. The van der Waals surface area contributed by atoms with Gasteiger partial charge in [0.1, 0.15) is 0 Å². The number of rotatable bonds is 2. The second-order valence-electron chi connectivity index (χ2n) is 5.34. The molecule has 1 N–H and O–H groups in total. The first-order valence-corrected chi connectivity index (χ1v) is 5.76. The summed E-state index contributed by atoms with van der Waals surface area (Å²) < 4.78 is 0. The van der Waals surface area contributed by atoms with Crippen LogP contribution in [0.1, 0.15) is 32.6 Å². The van der Waals surface area contributed by atoms with E-state index in [1.54, 1.807) is 0 Å². The monoisotopic (exact) mass is 180 g/mol. The molecule has 3 rings (SSSR count). The predicted octanol–water partition coefficient (Wildman–Crippen LogP) is 1.22. The Morgan fingerprint density at radius 2 is 2.08 bits per heavy atom. The molecule has 74 valence electrons. The molecule has 0 bridgehead atoms. The zero-order chi connectivity index (χ0) is 8.89. The van der Waals surface area contributed by atoms with Gasteiger partial charge in [-0.25, -0.2) is 0 Å². The van der Waals surface area contributed by atoms with Crippen LogP contribution < -0.4 is 5.32 Å². The van der Waals surface area contributed by atoms with Gasteiger partial charge in [0.05, 0.1) is 0 Å². The van der Waals surface area contributed by atoms with Crippen molar-refractivity contribution in [3.05, 3.63) is 0 Å². The summed E-state index contributed by atoms with van der Waals surface area (Å²) in [5.74, 6) is 1.02. The molecule has 1 aliphatic heterocycles. The average Bonchev–Trinajstić information content (AvgIpc) is 2.99. The molecule has 3 aliphatic rings. The van der Waals surface area contributed by atoms with Crippen molar-refractivity contribution in [3.63, 3.8) is 0 Å². The van der Waals surface area contributed by atoms with Gasteiger partial charge in [-0.1, -0.05) is 0 Å². The lowest BCUT2D eigenvalue weighted by Crippen LogP contribution is -2.55. The van der Waals surface area contributed by atoms with Crippen LogP contribution in [0.4, 0.5) is 0 Å². The van der Waals surface area contributed by atoms with E-state index in [0.717, 1.165) is 12.0 Å². The van der Waals surface area contributed by atoms with E-state index in [0.29, 0.717) is 5.54 Å². The second-order valence-corrected chi connectivity index (χ2v) is 5.34. The Balaban J connectivity index is 1.63. The zero-order valence-electron chi connectivity index (χ0n) is 8.55. The molecule has 0 aromatic heterocycles. The molecule has 2 aliphatic carbocycles. The predicted molar refractivity (Wildman–Crippen MR) is 53.7 cm³/mol.